The van der Waals surface area contributed by atoms with Crippen LogP contribution in [0.4, 0.5) is 0 Å². The van der Waals surface area contributed by atoms with Crippen molar-refractivity contribution in [1.82, 2.24) is 0 Å². The zero-order valence-electron chi connectivity index (χ0n) is 14.8. The second-order valence-corrected chi connectivity index (χ2v) is 5.84. The highest BCUT2D eigenvalue weighted by molar-refractivity contribution is 5.80. The maximum atomic E-state index is 10.2. The Morgan fingerprint density at radius 1 is 0.750 bits per heavy atom. The first-order valence-corrected chi connectivity index (χ1v) is 8.94. The van der Waals surface area contributed by atoms with Crippen LogP contribution in [0.1, 0.15) is 71.1 Å². The van der Waals surface area contributed by atoms with Gasteiger partial charge in [0.05, 0.1) is 0 Å². The van der Waals surface area contributed by atoms with E-state index in [1.54, 1.807) is 6.08 Å². The molecule has 0 aliphatic rings. The zero-order chi connectivity index (χ0) is 18.0. The van der Waals surface area contributed by atoms with Crippen molar-refractivity contribution in [2.45, 2.75) is 71.1 Å². The summed E-state index contributed by atoms with van der Waals surface area (Å²) in [6.07, 6.45) is 20.2. The van der Waals surface area contributed by atoms with Gasteiger partial charge in [-0.05, 0) is 25.0 Å². The van der Waals surface area contributed by atoms with Crippen LogP contribution >= 0.6 is 0 Å². The van der Waals surface area contributed by atoms with Gasteiger partial charge in [0.1, 0.15) is 0 Å². The first-order chi connectivity index (χ1) is 11.6. The van der Waals surface area contributed by atoms with Gasteiger partial charge < -0.3 is 15.3 Å². The lowest BCUT2D eigenvalue weighted by Gasteiger charge is -2.01. The minimum Gasteiger partial charge on any atom is -0.504 e. The third kappa shape index (κ3) is 14.9. The number of allylic oxidation sites excluding steroid dienone is 5. The lowest BCUT2D eigenvalue weighted by molar-refractivity contribution is -0.131. The number of carbonyl (C=O) groups is 1. The molecule has 0 heterocycles. The number of aliphatic carboxylic acids is 1. The van der Waals surface area contributed by atoms with Gasteiger partial charge in [-0.2, -0.15) is 0 Å². The van der Waals surface area contributed by atoms with Crippen molar-refractivity contribution in [3.8, 4) is 0 Å². The van der Waals surface area contributed by atoms with Crippen molar-refractivity contribution < 1.29 is 20.1 Å². The quantitative estimate of drug-likeness (QED) is 0.158. The number of rotatable bonds is 14. The SMILES string of the molecule is CCCCCCCCCCCC=C(O)C(O)=CC=CC=CC(=O)O. The first-order valence-electron chi connectivity index (χ1n) is 8.94. The summed E-state index contributed by atoms with van der Waals surface area (Å²) >= 11 is 0. The Morgan fingerprint density at radius 3 is 1.92 bits per heavy atom. The zero-order valence-corrected chi connectivity index (χ0v) is 14.8. The predicted octanol–water partition coefficient (Wildman–Crippen LogP) is 5.99. The number of carboxylic acid groups (broad SMARTS) is 1. The van der Waals surface area contributed by atoms with E-state index < -0.39 is 5.97 Å². The van der Waals surface area contributed by atoms with Gasteiger partial charge in [0.15, 0.2) is 11.5 Å². The van der Waals surface area contributed by atoms with Crippen LogP contribution in [0.5, 0.6) is 0 Å². The van der Waals surface area contributed by atoms with E-state index in [-0.39, 0.29) is 11.5 Å². The Bertz CT molecular complexity index is 445. The summed E-state index contributed by atoms with van der Waals surface area (Å²) in [4.78, 5) is 10.2. The van der Waals surface area contributed by atoms with Crippen LogP contribution in [-0.2, 0) is 4.79 Å². The topological polar surface area (TPSA) is 77.8 Å². The van der Waals surface area contributed by atoms with Gasteiger partial charge >= 0.3 is 5.97 Å². The normalized spacial score (nSPS) is 13.2. The van der Waals surface area contributed by atoms with E-state index in [2.05, 4.69) is 6.92 Å². The van der Waals surface area contributed by atoms with E-state index in [4.69, 9.17) is 5.11 Å². The summed E-state index contributed by atoms with van der Waals surface area (Å²) in [6, 6.07) is 0. The van der Waals surface area contributed by atoms with Crippen LogP contribution < -0.4 is 0 Å². The maximum absolute atomic E-state index is 10.2. The number of hydrogen-bond acceptors (Lipinski definition) is 3. The minimum atomic E-state index is -1.03. The molecule has 0 bridgehead atoms. The number of unbranched alkanes of at least 4 members (excludes halogenated alkanes) is 9. The lowest BCUT2D eigenvalue weighted by Crippen LogP contribution is -1.87. The van der Waals surface area contributed by atoms with Gasteiger partial charge in [0.25, 0.3) is 0 Å². The minimum absolute atomic E-state index is 0.138. The van der Waals surface area contributed by atoms with Gasteiger partial charge in [0.2, 0.25) is 0 Å². The summed E-state index contributed by atoms with van der Waals surface area (Å²) in [7, 11) is 0. The van der Waals surface area contributed by atoms with E-state index in [1.165, 1.54) is 69.2 Å². The number of aliphatic hydroxyl groups excluding tert-OH is 2. The smallest absolute Gasteiger partial charge is 0.328 e. The number of hydrogen-bond donors (Lipinski definition) is 3. The van der Waals surface area contributed by atoms with Crippen LogP contribution in [0.15, 0.2) is 48.0 Å². The second kappa shape index (κ2) is 15.9. The fourth-order valence-electron chi connectivity index (χ4n) is 2.23. The Kier molecular flexibility index (Phi) is 14.6. The molecule has 0 aromatic heterocycles. The van der Waals surface area contributed by atoms with Gasteiger partial charge in [0, 0.05) is 6.08 Å². The van der Waals surface area contributed by atoms with Crippen molar-refractivity contribution in [1.29, 1.82) is 0 Å². The highest BCUT2D eigenvalue weighted by atomic mass is 16.4. The Hall–Kier alpha value is -1.97. The van der Waals surface area contributed by atoms with E-state index in [9.17, 15) is 15.0 Å². The van der Waals surface area contributed by atoms with Gasteiger partial charge in [-0.15, -0.1) is 0 Å². The average molecular weight is 336 g/mol. The monoisotopic (exact) mass is 336 g/mol. The number of carboxylic acids is 1. The molecule has 0 spiro atoms. The molecule has 0 amide bonds. The van der Waals surface area contributed by atoms with Crippen LogP contribution in [0.2, 0.25) is 0 Å². The molecule has 0 atom stereocenters. The summed E-state index contributed by atoms with van der Waals surface area (Å²) in [5.74, 6) is -1.39. The van der Waals surface area contributed by atoms with Gasteiger partial charge in [-0.3, -0.25) is 0 Å². The second-order valence-electron chi connectivity index (χ2n) is 5.84. The average Bonchev–Trinajstić information content (AvgIpc) is 2.55. The van der Waals surface area contributed by atoms with Crippen LogP contribution in [0, 0.1) is 0 Å². The lowest BCUT2D eigenvalue weighted by atomic mass is 10.1. The van der Waals surface area contributed by atoms with E-state index in [1.807, 2.05) is 0 Å². The Morgan fingerprint density at radius 2 is 1.33 bits per heavy atom. The fourth-order valence-corrected chi connectivity index (χ4v) is 2.23. The third-order valence-electron chi connectivity index (χ3n) is 3.62. The van der Waals surface area contributed by atoms with Crippen LogP contribution in [0.3, 0.4) is 0 Å². The molecule has 136 valence electrons. The Balaban J connectivity index is 3.79. The molecule has 0 aliphatic heterocycles. The molecule has 0 saturated heterocycles. The molecule has 0 aromatic rings. The maximum Gasteiger partial charge on any atom is 0.328 e. The van der Waals surface area contributed by atoms with Crippen LogP contribution in [0.25, 0.3) is 0 Å². The highest BCUT2D eigenvalue weighted by Crippen LogP contribution is 2.12. The van der Waals surface area contributed by atoms with Gasteiger partial charge in [-0.1, -0.05) is 76.5 Å². The fraction of sp³-hybridized carbons (Fsp3) is 0.550. The molecule has 0 aliphatic carbocycles. The highest BCUT2D eigenvalue weighted by Gasteiger charge is 1.98. The van der Waals surface area contributed by atoms with Gasteiger partial charge in [-0.25, -0.2) is 4.79 Å². The molecule has 0 aromatic carbocycles. The summed E-state index contributed by atoms with van der Waals surface area (Å²) < 4.78 is 0. The molecule has 4 nitrogen and oxygen atoms in total. The van der Waals surface area contributed by atoms with E-state index in [0.717, 1.165) is 25.3 Å². The molecule has 24 heavy (non-hydrogen) atoms. The largest absolute Gasteiger partial charge is 0.504 e. The Labute approximate surface area is 145 Å². The third-order valence-corrected chi connectivity index (χ3v) is 3.62. The molecular formula is C20H32O4. The van der Waals surface area contributed by atoms with Crippen molar-refractivity contribution in [3.63, 3.8) is 0 Å². The molecule has 0 unspecified atom stereocenters. The van der Waals surface area contributed by atoms with E-state index in [0.29, 0.717) is 0 Å². The summed E-state index contributed by atoms with van der Waals surface area (Å²) in [5, 5.41) is 27.7. The molecule has 0 saturated carbocycles. The van der Waals surface area contributed by atoms with Crippen molar-refractivity contribution in [2.75, 3.05) is 0 Å². The van der Waals surface area contributed by atoms with Crippen LogP contribution in [-0.4, -0.2) is 21.3 Å². The first kappa shape index (κ1) is 22.0. The van der Waals surface area contributed by atoms with Crippen molar-refractivity contribution in [3.05, 3.63) is 48.0 Å². The molecular weight excluding hydrogens is 304 g/mol. The molecule has 0 rings (SSSR count). The van der Waals surface area contributed by atoms with Crippen molar-refractivity contribution >= 4 is 5.97 Å². The summed E-state index contributed by atoms with van der Waals surface area (Å²) in [5.41, 5.74) is 0. The summed E-state index contributed by atoms with van der Waals surface area (Å²) in [6.45, 7) is 2.22. The molecule has 0 radical (unpaired) electrons. The number of aliphatic hydroxyl groups is 2. The standard InChI is InChI=1S/C20H32O4/c1-2-3-4-5-6-7-8-9-10-12-15-18(21)19(22)16-13-11-14-17-20(23)24/h11,13-17,21-22H,2-10,12H2,1H3,(H,23,24). The molecule has 4 heteroatoms. The predicted molar refractivity (Wildman–Crippen MR) is 99.2 cm³/mol. The molecule has 3 N–H and O–H groups in total. The van der Waals surface area contributed by atoms with E-state index >= 15 is 0 Å². The van der Waals surface area contributed by atoms with Crippen molar-refractivity contribution in [2.24, 2.45) is 0 Å². The molecule has 0 fully saturated rings.